The molecule has 0 aliphatic heterocycles. The van der Waals surface area contributed by atoms with Gasteiger partial charge in [-0.2, -0.15) is 0 Å². The van der Waals surface area contributed by atoms with Gasteiger partial charge in [0.05, 0.1) is 0 Å². The predicted molar refractivity (Wildman–Crippen MR) is 51.8 cm³/mol. The van der Waals surface area contributed by atoms with Crippen LogP contribution in [0.1, 0.15) is 0 Å². The first-order valence-corrected chi connectivity index (χ1v) is 3.89. The third-order valence-corrected chi connectivity index (χ3v) is 1.45. The molecule has 1 rings (SSSR count). The molecular formula is C7H6ClFN2S. The highest BCUT2D eigenvalue weighted by Crippen LogP contribution is 2.17. The zero-order valence-corrected chi connectivity index (χ0v) is 7.55. The molecule has 0 atom stereocenters. The molecule has 2 nitrogen and oxygen atoms in total. The zero-order chi connectivity index (χ0) is 9.14. The van der Waals surface area contributed by atoms with Crippen LogP contribution in [0.3, 0.4) is 0 Å². The Morgan fingerprint density at radius 2 is 2.17 bits per heavy atom. The summed E-state index contributed by atoms with van der Waals surface area (Å²) in [6, 6.07) is 3.99. The molecule has 0 spiro atoms. The molecule has 64 valence electrons. The van der Waals surface area contributed by atoms with Gasteiger partial charge in [0, 0.05) is 10.7 Å². The lowest BCUT2D eigenvalue weighted by Crippen LogP contribution is -2.18. The van der Waals surface area contributed by atoms with Gasteiger partial charge in [-0.1, -0.05) is 11.6 Å². The third-order valence-electron chi connectivity index (χ3n) is 1.13. The van der Waals surface area contributed by atoms with Crippen molar-refractivity contribution >= 4 is 34.6 Å². The van der Waals surface area contributed by atoms with Crippen LogP contribution in [0.15, 0.2) is 18.2 Å². The first kappa shape index (κ1) is 9.22. The lowest BCUT2D eigenvalue weighted by atomic mass is 10.3. The topological polar surface area (TPSA) is 38.0 Å². The molecule has 12 heavy (non-hydrogen) atoms. The second kappa shape index (κ2) is 3.69. The fraction of sp³-hybridized carbons (Fsp3) is 0. The zero-order valence-electron chi connectivity index (χ0n) is 5.97. The maximum atomic E-state index is 12.7. The molecule has 0 heterocycles. The average molecular weight is 205 g/mol. The number of nitrogens with two attached hydrogens (primary N) is 1. The van der Waals surface area contributed by atoms with Gasteiger partial charge in [0.2, 0.25) is 0 Å². The Bertz CT molecular complexity index is 296. The Balaban J connectivity index is 2.93. The van der Waals surface area contributed by atoms with Crippen molar-refractivity contribution in [2.24, 2.45) is 5.73 Å². The molecule has 5 heteroatoms. The Morgan fingerprint density at radius 3 is 2.67 bits per heavy atom. The molecule has 0 saturated carbocycles. The summed E-state index contributed by atoms with van der Waals surface area (Å²) in [5.41, 5.74) is 5.63. The molecule has 0 amide bonds. The van der Waals surface area contributed by atoms with Crippen molar-refractivity contribution in [2.75, 3.05) is 5.32 Å². The van der Waals surface area contributed by atoms with Gasteiger partial charge >= 0.3 is 0 Å². The van der Waals surface area contributed by atoms with Crippen LogP contribution in [0.25, 0.3) is 0 Å². The van der Waals surface area contributed by atoms with Crippen LogP contribution in [0.5, 0.6) is 0 Å². The summed E-state index contributed by atoms with van der Waals surface area (Å²) in [5.74, 6) is -0.429. The van der Waals surface area contributed by atoms with E-state index < -0.39 is 5.82 Å². The van der Waals surface area contributed by atoms with E-state index in [0.29, 0.717) is 10.7 Å². The van der Waals surface area contributed by atoms with Gasteiger partial charge in [-0.3, -0.25) is 0 Å². The molecule has 0 aliphatic rings. The van der Waals surface area contributed by atoms with E-state index >= 15 is 0 Å². The number of hydrogen-bond acceptors (Lipinski definition) is 1. The summed E-state index contributed by atoms with van der Waals surface area (Å²) in [6.45, 7) is 0. The number of benzene rings is 1. The number of thiocarbonyl (C=S) groups is 1. The second-order valence-corrected chi connectivity index (χ2v) is 3.02. The van der Waals surface area contributed by atoms with E-state index in [1.807, 2.05) is 0 Å². The van der Waals surface area contributed by atoms with E-state index in [9.17, 15) is 4.39 Å². The van der Waals surface area contributed by atoms with Crippen molar-refractivity contribution in [3.63, 3.8) is 0 Å². The second-order valence-electron chi connectivity index (χ2n) is 2.15. The minimum atomic E-state index is -0.429. The standard InChI is InChI=1S/C7H6ClFN2S/c8-4-1-5(9)3-6(2-4)11-7(10)12/h1-3H,(H3,10,11,12). The minimum Gasteiger partial charge on any atom is -0.376 e. The number of hydrogen-bond donors (Lipinski definition) is 2. The molecule has 0 aromatic heterocycles. The first-order valence-electron chi connectivity index (χ1n) is 3.10. The van der Waals surface area contributed by atoms with E-state index in [-0.39, 0.29) is 5.11 Å². The van der Waals surface area contributed by atoms with Crippen LogP contribution in [0.4, 0.5) is 10.1 Å². The van der Waals surface area contributed by atoms with Gasteiger partial charge in [-0.25, -0.2) is 4.39 Å². The third kappa shape index (κ3) is 2.64. The van der Waals surface area contributed by atoms with Crippen LogP contribution >= 0.6 is 23.8 Å². The Kier molecular flexibility index (Phi) is 2.83. The molecule has 1 aromatic rings. The highest BCUT2D eigenvalue weighted by atomic mass is 35.5. The summed E-state index contributed by atoms with van der Waals surface area (Å²) in [6.07, 6.45) is 0. The average Bonchev–Trinajstić information content (AvgIpc) is 1.81. The van der Waals surface area contributed by atoms with Crippen LogP contribution in [-0.2, 0) is 0 Å². The van der Waals surface area contributed by atoms with Crippen molar-refractivity contribution in [2.45, 2.75) is 0 Å². The van der Waals surface area contributed by atoms with Gasteiger partial charge in [0.25, 0.3) is 0 Å². The smallest absolute Gasteiger partial charge is 0.168 e. The molecular weight excluding hydrogens is 199 g/mol. The SMILES string of the molecule is NC(=S)Nc1cc(F)cc(Cl)c1. The van der Waals surface area contributed by atoms with Gasteiger partial charge in [0.1, 0.15) is 5.82 Å². The fourth-order valence-electron chi connectivity index (χ4n) is 0.768. The lowest BCUT2D eigenvalue weighted by Gasteiger charge is -2.03. The monoisotopic (exact) mass is 204 g/mol. The van der Waals surface area contributed by atoms with Crippen LogP contribution in [0, 0.1) is 5.82 Å². The number of rotatable bonds is 1. The van der Waals surface area contributed by atoms with Crippen molar-refractivity contribution in [1.29, 1.82) is 0 Å². The van der Waals surface area contributed by atoms with E-state index in [4.69, 9.17) is 17.3 Å². The molecule has 0 radical (unpaired) electrons. The highest BCUT2D eigenvalue weighted by molar-refractivity contribution is 7.80. The normalized spacial score (nSPS) is 9.50. The molecule has 0 unspecified atom stereocenters. The predicted octanol–water partition coefficient (Wildman–Crippen LogP) is 2.13. The summed E-state index contributed by atoms with van der Waals surface area (Å²) >= 11 is 10.1. The molecule has 0 fully saturated rings. The van der Waals surface area contributed by atoms with Crippen LogP contribution < -0.4 is 11.1 Å². The van der Waals surface area contributed by atoms with E-state index in [0.717, 1.165) is 0 Å². The highest BCUT2D eigenvalue weighted by Gasteiger charge is 1.98. The summed E-state index contributed by atoms with van der Waals surface area (Å²) in [7, 11) is 0. The van der Waals surface area contributed by atoms with Gasteiger partial charge < -0.3 is 11.1 Å². The van der Waals surface area contributed by atoms with Gasteiger partial charge in [0.15, 0.2) is 5.11 Å². The lowest BCUT2D eigenvalue weighted by molar-refractivity contribution is 0.628. The Hall–Kier alpha value is -0.870. The maximum absolute atomic E-state index is 12.7. The maximum Gasteiger partial charge on any atom is 0.168 e. The molecule has 0 bridgehead atoms. The van der Waals surface area contributed by atoms with Gasteiger partial charge in [-0.15, -0.1) is 0 Å². The summed E-state index contributed by atoms with van der Waals surface area (Å²) < 4.78 is 12.7. The minimum absolute atomic E-state index is 0.0802. The Morgan fingerprint density at radius 1 is 1.50 bits per heavy atom. The number of nitrogens with one attached hydrogen (secondary N) is 1. The molecule has 3 N–H and O–H groups in total. The quantitative estimate of drug-likeness (QED) is 0.689. The van der Waals surface area contributed by atoms with Crippen molar-refractivity contribution in [3.05, 3.63) is 29.0 Å². The van der Waals surface area contributed by atoms with Crippen molar-refractivity contribution < 1.29 is 4.39 Å². The van der Waals surface area contributed by atoms with Crippen LogP contribution in [-0.4, -0.2) is 5.11 Å². The summed E-state index contributed by atoms with van der Waals surface area (Å²) in [5, 5.41) is 2.95. The molecule has 0 saturated heterocycles. The fourth-order valence-corrected chi connectivity index (χ4v) is 1.11. The number of halogens is 2. The van der Waals surface area contributed by atoms with E-state index in [1.54, 1.807) is 0 Å². The van der Waals surface area contributed by atoms with Crippen molar-refractivity contribution in [3.8, 4) is 0 Å². The first-order chi connectivity index (χ1) is 5.58. The Labute approximate surface area is 79.5 Å². The van der Waals surface area contributed by atoms with Gasteiger partial charge in [-0.05, 0) is 30.4 Å². The van der Waals surface area contributed by atoms with Crippen LogP contribution in [0.2, 0.25) is 5.02 Å². The largest absolute Gasteiger partial charge is 0.376 e. The van der Waals surface area contributed by atoms with Crippen molar-refractivity contribution in [1.82, 2.24) is 0 Å². The molecule has 1 aromatic carbocycles. The van der Waals surface area contributed by atoms with E-state index in [1.165, 1.54) is 18.2 Å². The summed E-state index contributed by atoms with van der Waals surface area (Å²) in [4.78, 5) is 0. The van der Waals surface area contributed by atoms with E-state index in [2.05, 4.69) is 17.5 Å². The molecule has 0 aliphatic carbocycles. The number of anilines is 1.